The average molecular weight is 277 g/mol. The Morgan fingerprint density at radius 3 is 2.26 bits per heavy atom. The molecule has 19 heavy (non-hydrogen) atoms. The van der Waals surface area contributed by atoms with Gasteiger partial charge < -0.3 is 4.43 Å². The highest BCUT2D eigenvalue weighted by Crippen LogP contribution is 2.21. The van der Waals surface area contributed by atoms with Crippen LogP contribution >= 0.6 is 0 Å². The molecule has 0 bridgehead atoms. The normalized spacial score (nSPS) is 12.2. The van der Waals surface area contributed by atoms with Crippen molar-refractivity contribution < 1.29 is 4.43 Å². The van der Waals surface area contributed by atoms with Crippen LogP contribution in [-0.2, 0) is 11.0 Å². The number of hydrogen-bond donors (Lipinski definition) is 0. The van der Waals surface area contributed by atoms with Crippen LogP contribution in [0.4, 0.5) is 0 Å². The molecular formula is C16H27NOSi. The third-order valence-corrected chi connectivity index (χ3v) is 8.52. The zero-order valence-corrected chi connectivity index (χ0v) is 13.6. The van der Waals surface area contributed by atoms with Gasteiger partial charge in [-0.25, -0.2) is 0 Å². The molecule has 0 aliphatic rings. The minimum absolute atomic E-state index is 0.777. The van der Waals surface area contributed by atoms with Crippen molar-refractivity contribution in [1.29, 1.82) is 0 Å². The fourth-order valence-electron chi connectivity index (χ4n) is 2.23. The summed E-state index contributed by atoms with van der Waals surface area (Å²) in [4.78, 5) is 4.45. The van der Waals surface area contributed by atoms with Gasteiger partial charge >= 0.3 is 0 Å². The van der Waals surface area contributed by atoms with Gasteiger partial charge in [-0.1, -0.05) is 51.1 Å². The summed E-state index contributed by atoms with van der Waals surface area (Å²) in [5.74, 6) is 0. The summed E-state index contributed by atoms with van der Waals surface area (Å²) in [7, 11) is -1.40. The van der Waals surface area contributed by atoms with Crippen molar-refractivity contribution in [1.82, 2.24) is 0 Å². The third kappa shape index (κ3) is 5.70. The summed E-state index contributed by atoms with van der Waals surface area (Å²) in [6, 6.07) is 14.0. The van der Waals surface area contributed by atoms with Crippen LogP contribution in [-0.4, -0.2) is 21.1 Å². The maximum atomic E-state index is 6.18. The van der Waals surface area contributed by atoms with Gasteiger partial charge in [0.2, 0.25) is 0 Å². The Labute approximate surface area is 119 Å². The van der Waals surface area contributed by atoms with Gasteiger partial charge in [0.25, 0.3) is 0 Å². The highest BCUT2D eigenvalue weighted by atomic mass is 28.4. The van der Waals surface area contributed by atoms with Crippen molar-refractivity contribution in [3.63, 3.8) is 0 Å². The first-order chi connectivity index (χ1) is 9.26. The third-order valence-electron chi connectivity index (χ3n) is 3.83. The Morgan fingerprint density at radius 2 is 1.68 bits per heavy atom. The second-order valence-electron chi connectivity index (χ2n) is 4.89. The number of nitrogens with zero attached hydrogens (tertiary/aromatic N) is 1. The molecule has 1 aromatic carbocycles. The number of hydrogen-bond acceptors (Lipinski definition) is 2. The number of aliphatic imine (C=N–C) groups is 1. The van der Waals surface area contributed by atoms with Gasteiger partial charge in [0.05, 0.1) is 6.54 Å². The summed E-state index contributed by atoms with van der Waals surface area (Å²) >= 11 is 0. The van der Waals surface area contributed by atoms with E-state index in [0.29, 0.717) is 0 Å². The molecule has 0 aliphatic carbocycles. The maximum absolute atomic E-state index is 6.18. The topological polar surface area (TPSA) is 21.6 Å². The number of benzene rings is 1. The second-order valence-corrected chi connectivity index (χ2v) is 9.67. The van der Waals surface area contributed by atoms with E-state index in [-0.39, 0.29) is 0 Å². The minimum Gasteiger partial charge on any atom is -0.416 e. The molecule has 106 valence electrons. The van der Waals surface area contributed by atoms with Crippen LogP contribution in [0, 0.1) is 0 Å². The molecule has 0 fully saturated rings. The molecule has 0 heterocycles. The first kappa shape index (κ1) is 16.1. The van der Waals surface area contributed by atoms with E-state index in [1.54, 1.807) is 0 Å². The van der Waals surface area contributed by atoms with Gasteiger partial charge in [-0.15, -0.1) is 0 Å². The Kier molecular flexibility index (Phi) is 7.68. The predicted molar refractivity (Wildman–Crippen MR) is 86.4 cm³/mol. The fraction of sp³-hybridized carbons (Fsp3) is 0.562. The van der Waals surface area contributed by atoms with Crippen LogP contribution in [0.3, 0.4) is 0 Å². The second kappa shape index (κ2) is 9.05. The lowest BCUT2D eigenvalue weighted by molar-refractivity contribution is 0.311. The number of rotatable bonds is 9. The van der Waals surface area contributed by atoms with Crippen LogP contribution in [0.1, 0.15) is 32.8 Å². The lowest BCUT2D eigenvalue weighted by Gasteiger charge is -2.27. The first-order valence-electron chi connectivity index (χ1n) is 7.42. The van der Waals surface area contributed by atoms with Gasteiger partial charge in [0, 0.05) is 19.2 Å². The molecular weight excluding hydrogens is 250 g/mol. The molecule has 0 aliphatic heterocycles. The van der Waals surface area contributed by atoms with Gasteiger partial charge in [0.15, 0.2) is 8.32 Å². The molecule has 0 unspecified atom stereocenters. The van der Waals surface area contributed by atoms with Gasteiger partial charge in [0.1, 0.15) is 0 Å². The SMILES string of the molecule is CC[Si](CC)(CC)OCCC=NCc1ccccc1. The van der Waals surface area contributed by atoms with Crippen molar-refractivity contribution in [3.8, 4) is 0 Å². The van der Waals surface area contributed by atoms with E-state index in [2.05, 4.69) is 50.0 Å². The molecule has 1 rings (SSSR count). The molecule has 3 heteroatoms. The summed E-state index contributed by atoms with van der Waals surface area (Å²) in [6.07, 6.45) is 2.94. The molecule has 0 spiro atoms. The van der Waals surface area contributed by atoms with E-state index >= 15 is 0 Å². The standard InChI is InChI=1S/C16H27NOSi/c1-4-19(5-2,6-3)18-14-10-13-17-15-16-11-8-7-9-12-16/h7-9,11-13H,4-6,10,14-15H2,1-3H3. The van der Waals surface area contributed by atoms with Crippen LogP contribution in [0.5, 0.6) is 0 Å². The van der Waals surface area contributed by atoms with Crippen LogP contribution in [0.15, 0.2) is 35.3 Å². The summed E-state index contributed by atoms with van der Waals surface area (Å²) in [5, 5.41) is 0. The van der Waals surface area contributed by atoms with Crippen molar-refractivity contribution in [2.45, 2.75) is 51.9 Å². The molecule has 0 amide bonds. The molecule has 0 radical (unpaired) electrons. The van der Waals surface area contributed by atoms with Gasteiger partial charge in [-0.2, -0.15) is 0 Å². The minimum atomic E-state index is -1.40. The van der Waals surface area contributed by atoms with Gasteiger partial charge in [-0.05, 0) is 23.7 Å². The van der Waals surface area contributed by atoms with E-state index in [1.165, 1.54) is 23.7 Å². The molecule has 0 aromatic heterocycles. The molecule has 0 N–H and O–H groups in total. The Balaban J connectivity index is 2.23. The molecule has 0 saturated heterocycles. The summed E-state index contributed by atoms with van der Waals surface area (Å²) in [6.45, 7) is 8.41. The van der Waals surface area contributed by atoms with E-state index in [4.69, 9.17) is 4.43 Å². The maximum Gasteiger partial charge on any atom is 0.191 e. The van der Waals surface area contributed by atoms with E-state index < -0.39 is 8.32 Å². The van der Waals surface area contributed by atoms with E-state index in [1.807, 2.05) is 12.3 Å². The Morgan fingerprint density at radius 1 is 1.05 bits per heavy atom. The summed E-state index contributed by atoms with van der Waals surface area (Å²) < 4.78 is 6.18. The fourth-order valence-corrected chi connectivity index (χ4v) is 4.89. The lowest BCUT2D eigenvalue weighted by Crippen LogP contribution is -2.36. The van der Waals surface area contributed by atoms with Crippen LogP contribution in [0.25, 0.3) is 0 Å². The largest absolute Gasteiger partial charge is 0.416 e. The van der Waals surface area contributed by atoms with Gasteiger partial charge in [-0.3, -0.25) is 4.99 Å². The van der Waals surface area contributed by atoms with Crippen molar-refractivity contribution in [3.05, 3.63) is 35.9 Å². The average Bonchev–Trinajstić information content (AvgIpc) is 2.48. The molecule has 2 nitrogen and oxygen atoms in total. The highest BCUT2D eigenvalue weighted by Gasteiger charge is 2.27. The first-order valence-corrected chi connectivity index (χ1v) is 9.95. The molecule has 1 aromatic rings. The van der Waals surface area contributed by atoms with E-state index in [0.717, 1.165) is 19.6 Å². The zero-order chi connectivity index (χ0) is 14.0. The lowest BCUT2D eigenvalue weighted by atomic mass is 10.2. The van der Waals surface area contributed by atoms with Crippen molar-refractivity contribution in [2.24, 2.45) is 4.99 Å². The molecule has 0 atom stereocenters. The van der Waals surface area contributed by atoms with Crippen LogP contribution in [0.2, 0.25) is 18.1 Å². The quantitative estimate of drug-likeness (QED) is 0.365. The predicted octanol–water partition coefficient (Wildman–Crippen LogP) is 4.67. The highest BCUT2D eigenvalue weighted by molar-refractivity contribution is 6.73. The van der Waals surface area contributed by atoms with E-state index in [9.17, 15) is 0 Å². The smallest absolute Gasteiger partial charge is 0.191 e. The van der Waals surface area contributed by atoms with Crippen molar-refractivity contribution in [2.75, 3.05) is 6.61 Å². The molecule has 0 saturated carbocycles. The zero-order valence-electron chi connectivity index (χ0n) is 12.6. The monoisotopic (exact) mass is 277 g/mol. The Hall–Kier alpha value is -0.933. The van der Waals surface area contributed by atoms with Crippen LogP contribution < -0.4 is 0 Å². The Bertz CT molecular complexity index is 352. The summed E-state index contributed by atoms with van der Waals surface area (Å²) in [5.41, 5.74) is 1.26. The van der Waals surface area contributed by atoms with Crippen molar-refractivity contribution >= 4 is 14.5 Å².